The Bertz CT molecular complexity index is 593. The number of rotatable bonds is 2. The summed E-state index contributed by atoms with van der Waals surface area (Å²) in [7, 11) is 0. The monoisotopic (exact) mass is 286 g/mol. The molecule has 1 unspecified atom stereocenters. The maximum Gasteiger partial charge on any atom is 0.125 e. The van der Waals surface area contributed by atoms with Crippen LogP contribution in [0.15, 0.2) is 42.5 Å². The molecule has 3 nitrogen and oxygen atoms in total. The fourth-order valence-electron chi connectivity index (χ4n) is 2.48. The Balaban J connectivity index is 0.000000774. The van der Waals surface area contributed by atoms with E-state index in [0.29, 0.717) is 18.8 Å². The predicted molar refractivity (Wildman–Crippen MR) is 83.4 cm³/mol. The highest BCUT2D eigenvalue weighted by molar-refractivity contribution is 5.46. The largest absolute Gasteiger partial charge is 0.488 e. The molecule has 3 rings (SSSR count). The van der Waals surface area contributed by atoms with Crippen molar-refractivity contribution in [2.24, 2.45) is 0 Å². The van der Waals surface area contributed by atoms with Gasteiger partial charge in [0.2, 0.25) is 0 Å². The molecular weight excluding hydrogens is 264 g/mol. The van der Waals surface area contributed by atoms with Gasteiger partial charge in [0, 0.05) is 12.2 Å². The molecule has 0 saturated heterocycles. The highest BCUT2D eigenvalue weighted by atomic mass is 16.5. The Kier molecular flexibility index (Phi) is 5.37. The molecule has 0 saturated carbocycles. The standard InChI is InChI=1S/C16H16O3.C2H6/c17-8-7-11-5-6-15-14(9-11)16(18)13-4-2-1-3-12(13)10-19-15;1-2/h1-6,9,16-18H,7-8,10H2;1-2H3. The molecule has 0 bridgehead atoms. The molecule has 2 N–H and O–H groups in total. The van der Waals surface area contributed by atoms with Crippen molar-refractivity contribution in [2.75, 3.05) is 6.61 Å². The summed E-state index contributed by atoms with van der Waals surface area (Å²) in [4.78, 5) is 0. The van der Waals surface area contributed by atoms with Crippen LogP contribution in [0.3, 0.4) is 0 Å². The van der Waals surface area contributed by atoms with Crippen LogP contribution in [0, 0.1) is 0 Å². The molecule has 0 amide bonds. The summed E-state index contributed by atoms with van der Waals surface area (Å²) in [6, 6.07) is 13.5. The summed E-state index contributed by atoms with van der Waals surface area (Å²) in [5.74, 6) is 0.713. The van der Waals surface area contributed by atoms with E-state index in [9.17, 15) is 5.11 Å². The first kappa shape index (κ1) is 15.5. The molecule has 0 radical (unpaired) electrons. The van der Waals surface area contributed by atoms with Gasteiger partial charge in [-0.05, 0) is 35.2 Å². The predicted octanol–water partition coefficient (Wildman–Crippen LogP) is 3.22. The lowest BCUT2D eigenvalue weighted by molar-refractivity contribution is 0.218. The van der Waals surface area contributed by atoms with E-state index in [1.165, 1.54) is 0 Å². The van der Waals surface area contributed by atoms with Crippen molar-refractivity contribution in [3.05, 3.63) is 64.7 Å². The van der Waals surface area contributed by atoms with Crippen LogP contribution in [0.5, 0.6) is 5.75 Å². The van der Waals surface area contributed by atoms with Gasteiger partial charge in [0.15, 0.2) is 0 Å². The number of hydrogen-bond acceptors (Lipinski definition) is 3. The SMILES string of the molecule is CC.OCCc1ccc2c(c1)C(O)c1ccccc1CO2. The first-order valence-electron chi connectivity index (χ1n) is 7.42. The molecule has 2 aromatic carbocycles. The number of ether oxygens (including phenoxy) is 1. The second-order valence-corrected chi connectivity index (χ2v) is 4.74. The average molecular weight is 286 g/mol. The van der Waals surface area contributed by atoms with Crippen molar-refractivity contribution in [1.82, 2.24) is 0 Å². The molecule has 2 aromatic rings. The third kappa shape index (κ3) is 3.26. The van der Waals surface area contributed by atoms with E-state index < -0.39 is 6.10 Å². The van der Waals surface area contributed by atoms with E-state index in [4.69, 9.17) is 9.84 Å². The minimum atomic E-state index is -0.674. The van der Waals surface area contributed by atoms with Gasteiger partial charge in [-0.2, -0.15) is 0 Å². The van der Waals surface area contributed by atoms with Gasteiger partial charge in [0.05, 0.1) is 0 Å². The van der Waals surface area contributed by atoms with Gasteiger partial charge >= 0.3 is 0 Å². The van der Waals surface area contributed by atoms with Crippen LogP contribution in [-0.4, -0.2) is 16.8 Å². The Hall–Kier alpha value is -1.84. The van der Waals surface area contributed by atoms with Crippen LogP contribution < -0.4 is 4.74 Å². The Morgan fingerprint density at radius 1 is 1.10 bits per heavy atom. The Morgan fingerprint density at radius 3 is 2.62 bits per heavy atom. The highest BCUT2D eigenvalue weighted by Gasteiger charge is 2.22. The summed E-state index contributed by atoms with van der Waals surface area (Å²) in [6.45, 7) is 4.58. The highest BCUT2D eigenvalue weighted by Crippen LogP contribution is 2.36. The molecule has 1 aliphatic heterocycles. The molecule has 1 atom stereocenters. The molecule has 0 fully saturated rings. The summed E-state index contributed by atoms with van der Waals surface area (Å²) in [6.07, 6.45) is -0.0888. The number of aliphatic hydroxyl groups excluding tert-OH is 2. The minimum Gasteiger partial charge on any atom is -0.488 e. The van der Waals surface area contributed by atoms with E-state index >= 15 is 0 Å². The summed E-state index contributed by atoms with van der Waals surface area (Å²) in [5.41, 5.74) is 3.68. The third-order valence-corrected chi connectivity index (χ3v) is 3.50. The lowest BCUT2D eigenvalue weighted by Gasteiger charge is -2.14. The maximum atomic E-state index is 10.5. The molecule has 1 heterocycles. The van der Waals surface area contributed by atoms with E-state index in [1.807, 2.05) is 56.3 Å². The van der Waals surface area contributed by atoms with Crippen LogP contribution in [0.2, 0.25) is 0 Å². The van der Waals surface area contributed by atoms with Gasteiger partial charge in [-0.25, -0.2) is 0 Å². The van der Waals surface area contributed by atoms with Crippen LogP contribution in [-0.2, 0) is 13.0 Å². The average Bonchev–Trinajstić information content (AvgIpc) is 2.68. The summed E-state index contributed by atoms with van der Waals surface area (Å²) in [5, 5.41) is 19.6. The van der Waals surface area contributed by atoms with Gasteiger partial charge in [-0.1, -0.05) is 44.2 Å². The van der Waals surface area contributed by atoms with Gasteiger partial charge in [-0.15, -0.1) is 0 Å². The number of benzene rings is 2. The van der Waals surface area contributed by atoms with Crippen molar-refractivity contribution in [3.8, 4) is 5.75 Å². The van der Waals surface area contributed by atoms with Gasteiger partial charge in [0.25, 0.3) is 0 Å². The van der Waals surface area contributed by atoms with Crippen molar-refractivity contribution in [1.29, 1.82) is 0 Å². The number of hydrogen-bond donors (Lipinski definition) is 2. The minimum absolute atomic E-state index is 0.103. The lowest BCUT2D eigenvalue weighted by atomic mass is 9.96. The second kappa shape index (κ2) is 7.25. The van der Waals surface area contributed by atoms with Crippen molar-refractivity contribution in [2.45, 2.75) is 33.0 Å². The zero-order valence-corrected chi connectivity index (χ0v) is 12.5. The second-order valence-electron chi connectivity index (χ2n) is 4.74. The van der Waals surface area contributed by atoms with Gasteiger partial charge in [-0.3, -0.25) is 0 Å². The van der Waals surface area contributed by atoms with E-state index in [-0.39, 0.29) is 6.61 Å². The van der Waals surface area contributed by atoms with E-state index in [2.05, 4.69) is 0 Å². The third-order valence-electron chi connectivity index (χ3n) is 3.50. The molecule has 21 heavy (non-hydrogen) atoms. The molecule has 112 valence electrons. The molecule has 0 aliphatic carbocycles. The summed E-state index contributed by atoms with van der Waals surface area (Å²) >= 11 is 0. The molecular formula is C18H22O3. The molecule has 3 heteroatoms. The maximum absolute atomic E-state index is 10.5. The van der Waals surface area contributed by atoms with Gasteiger partial charge < -0.3 is 14.9 Å². The van der Waals surface area contributed by atoms with E-state index in [0.717, 1.165) is 22.3 Å². The Morgan fingerprint density at radius 2 is 1.86 bits per heavy atom. The smallest absolute Gasteiger partial charge is 0.125 e. The van der Waals surface area contributed by atoms with Crippen LogP contribution in [0.4, 0.5) is 0 Å². The molecule has 0 aromatic heterocycles. The van der Waals surface area contributed by atoms with Crippen molar-refractivity contribution < 1.29 is 14.9 Å². The quantitative estimate of drug-likeness (QED) is 0.891. The van der Waals surface area contributed by atoms with Crippen molar-refractivity contribution in [3.63, 3.8) is 0 Å². The molecule has 0 spiro atoms. The molecule has 1 aliphatic rings. The number of fused-ring (bicyclic) bond motifs is 2. The fourth-order valence-corrected chi connectivity index (χ4v) is 2.48. The topological polar surface area (TPSA) is 49.7 Å². The Labute approximate surface area is 125 Å². The van der Waals surface area contributed by atoms with E-state index in [1.54, 1.807) is 0 Å². The first-order chi connectivity index (χ1) is 10.3. The zero-order valence-electron chi connectivity index (χ0n) is 12.5. The zero-order chi connectivity index (χ0) is 15.2. The van der Waals surface area contributed by atoms with Gasteiger partial charge in [0.1, 0.15) is 18.5 Å². The fraction of sp³-hybridized carbons (Fsp3) is 0.333. The normalized spacial score (nSPS) is 15.7. The number of aliphatic hydroxyl groups is 2. The van der Waals surface area contributed by atoms with Crippen LogP contribution >= 0.6 is 0 Å². The van der Waals surface area contributed by atoms with Crippen LogP contribution in [0.25, 0.3) is 0 Å². The first-order valence-corrected chi connectivity index (χ1v) is 7.42. The van der Waals surface area contributed by atoms with Crippen LogP contribution in [0.1, 0.15) is 42.2 Å². The summed E-state index contributed by atoms with van der Waals surface area (Å²) < 4.78 is 5.76. The lowest BCUT2D eigenvalue weighted by Crippen LogP contribution is -2.02. The van der Waals surface area contributed by atoms with Crippen molar-refractivity contribution >= 4 is 0 Å².